The van der Waals surface area contributed by atoms with Crippen molar-refractivity contribution in [1.82, 2.24) is 10.2 Å². The Bertz CT molecular complexity index is 538. The maximum absolute atomic E-state index is 11.1. The number of piperidine rings is 1. The number of nitro groups is 1. The molecule has 120 valence electrons. The van der Waals surface area contributed by atoms with E-state index in [0.717, 1.165) is 31.1 Å². The second-order valence-electron chi connectivity index (χ2n) is 6.35. The molecule has 2 saturated heterocycles. The highest BCUT2D eigenvalue weighted by Crippen LogP contribution is 2.29. The summed E-state index contributed by atoms with van der Waals surface area (Å²) in [4.78, 5) is 13.1. The molecule has 1 aromatic carbocycles. The Morgan fingerprint density at radius 3 is 2.73 bits per heavy atom. The quantitative estimate of drug-likeness (QED) is 0.683. The summed E-state index contributed by atoms with van der Waals surface area (Å²) < 4.78 is 0. The van der Waals surface area contributed by atoms with Crippen LogP contribution in [0.3, 0.4) is 0 Å². The second kappa shape index (κ2) is 6.94. The summed E-state index contributed by atoms with van der Waals surface area (Å²) in [5, 5.41) is 15.3. The van der Waals surface area contributed by atoms with E-state index in [-0.39, 0.29) is 10.6 Å². The first kappa shape index (κ1) is 15.7. The fourth-order valence-electron chi connectivity index (χ4n) is 3.73. The number of nitrogens with one attached hydrogen (secondary N) is 1. The van der Waals surface area contributed by atoms with Crippen LogP contribution in [0.1, 0.15) is 31.2 Å². The van der Waals surface area contributed by atoms with Crippen LogP contribution < -0.4 is 5.32 Å². The molecular weight excluding hydrogens is 302 g/mol. The van der Waals surface area contributed by atoms with Crippen molar-refractivity contribution in [1.29, 1.82) is 0 Å². The third-order valence-corrected chi connectivity index (χ3v) is 5.17. The van der Waals surface area contributed by atoms with Gasteiger partial charge in [-0.05, 0) is 63.4 Å². The minimum Gasteiger partial charge on any atom is -0.314 e. The van der Waals surface area contributed by atoms with Gasteiger partial charge in [-0.2, -0.15) is 0 Å². The average Bonchev–Trinajstić information content (AvgIpc) is 3.02. The maximum Gasteiger partial charge on any atom is 0.273 e. The number of nitrogens with zero attached hydrogens (tertiary/aromatic N) is 2. The highest BCUT2D eigenvalue weighted by Gasteiger charge is 2.29. The molecule has 6 heteroatoms. The zero-order valence-electron chi connectivity index (χ0n) is 12.6. The van der Waals surface area contributed by atoms with Crippen molar-refractivity contribution in [2.75, 3.05) is 19.6 Å². The van der Waals surface area contributed by atoms with Crippen LogP contribution in [0.4, 0.5) is 5.69 Å². The van der Waals surface area contributed by atoms with Crippen LogP contribution in [0.15, 0.2) is 18.2 Å². The van der Waals surface area contributed by atoms with Crippen molar-refractivity contribution in [2.24, 2.45) is 5.92 Å². The van der Waals surface area contributed by atoms with Gasteiger partial charge < -0.3 is 5.32 Å². The minimum absolute atomic E-state index is 0.170. The molecule has 3 rings (SSSR count). The molecule has 0 aromatic heterocycles. The van der Waals surface area contributed by atoms with Crippen LogP contribution >= 0.6 is 11.6 Å². The molecule has 1 unspecified atom stereocenters. The Hall–Kier alpha value is -1.17. The molecule has 1 atom stereocenters. The summed E-state index contributed by atoms with van der Waals surface area (Å²) in [6.07, 6.45) is 4.93. The van der Waals surface area contributed by atoms with Gasteiger partial charge in [0.25, 0.3) is 5.69 Å². The lowest BCUT2D eigenvalue weighted by Gasteiger charge is -2.34. The SMILES string of the molecule is O=[N+]([O-])c1ccc(Cl)cc1CN1CCC(C2CCCN2)CC1. The molecule has 2 fully saturated rings. The lowest BCUT2D eigenvalue weighted by Crippen LogP contribution is -2.40. The van der Waals surface area contributed by atoms with E-state index in [9.17, 15) is 10.1 Å². The van der Waals surface area contributed by atoms with Gasteiger partial charge in [-0.15, -0.1) is 0 Å². The Balaban J connectivity index is 1.60. The largest absolute Gasteiger partial charge is 0.314 e. The molecule has 2 aliphatic rings. The van der Waals surface area contributed by atoms with Crippen molar-refractivity contribution in [3.05, 3.63) is 38.9 Å². The lowest BCUT2D eigenvalue weighted by atomic mass is 9.88. The number of rotatable bonds is 4. The zero-order valence-corrected chi connectivity index (χ0v) is 13.4. The van der Waals surface area contributed by atoms with Gasteiger partial charge in [0.1, 0.15) is 0 Å². The number of benzene rings is 1. The van der Waals surface area contributed by atoms with Gasteiger partial charge in [-0.3, -0.25) is 15.0 Å². The number of halogens is 1. The Labute approximate surface area is 135 Å². The Morgan fingerprint density at radius 2 is 2.09 bits per heavy atom. The van der Waals surface area contributed by atoms with Gasteiger partial charge >= 0.3 is 0 Å². The van der Waals surface area contributed by atoms with Crippen LogP contribution in [0.2, 0.25) is 5.02 Å². The Morgan fingerprint density at radius 1 is 1.32 bits per heavy atom. The fraction of sp³-hybridized carbons (Fsp3) is 0.625. The molecular formula is C16H22ClN3O2. The summed E-state index contributed by atoms with van der Waals surface area (Å²) in [5.41, 5.74) is 0.888. The van der Waals surface area contributed by atoms with E-state index in [1.54, 1.807) is 12.1 Å². The summed E-state index contributed by atoms with van der Waals surface area (Å²) in [5.74, 6) is 0.757. The predicted molar refractivity (Wildman–Crippen MR) is 87.1 cm³/mol. The molecule has 1 aromatic rings. The van der Waals surface area contributed by atoms with Crippen LogP contribution in [-0.4, -0.2) is 35.5 Å². The van der Waals surface area contributed by atoms with Crippen LogP contribution in [-0.2, 0) is 6.54 Å². The fourth-order valence-corrected chi connectivity index (χ4v) is 3.92. The van der Waals surface area contributed by atoms with Gasteiger partial charge in [0, 0.05) is 29.2 Å². The molecule has 5 nitrogen and oxygen atoms in total. The van der Waals surface area contributed by atoms with Crippen molar-refractivity contribution < 1.29 is 4.92 Å². The number of hydrogen-bond donors (Lipinski definition) is 1. The number of likely N-dealkylation sites (tertiary alicyclic amines) is 1. The summed E-state index contributed by atoms with van der Waals surface area (Å²) in [6.45, 7) is 3.78. The number of nitro benzene ring substituents is 1. The van der Waals surface area contributed by atoms with E-state index < -0.39 is 0 Å². The highest BCUT2D eigenvalue weighted by molar-refractivity contribution is 6.30. The summed E-state index contributed by atoms with van der Waals surface area (Å²) in [7, 11) is 0. The van der Waals surface area contributed by atoms with E-state index in [2.05, 4.69) is 10.2 Å². The predicted octanol–water partition coefficient (Wildman–Crippen LogP) is 3.21. The molecule has 1 N–H and O–H groups in total. The zero-order chi connectivity index (χ0) is 15.5. The van der Waals surface area contributed by atoms with E-state index in [1.807, 2.05) is 0 Å². The summed E-state index contributed by atoms with van der Waals surface area (Å²) >= 11 is 6.00. The van der Waals surface area contributed by atoms with Crippen molar-refractivity contribution in [3.8, 4) is 0 Å². The van der Waals surface area contributed by atoms with Crippen LogP contribution in [0, 0.1) is 16.0 Å². The van der Waals surface area contributed by atoms with E-state index in [4.69, 9.17) is 11.6 Å². The van der Waals surface area contributed by atoms with Gasteiger partial charge in [0.15, 0.2) is 0 Å². The van der Waals surface area contributed by atoms with E-state index in [0.29, 0.717) is 17.6 Å². The monoisotopic (exact) mass is 323 g/mol. The molecule has 0 aliphatic carbocycles. The maximum atomic E-state index is 11.1. The Kier molecular flexibility index (Phi) is 4.96. The highest BCUT2D eigenvalue weighted by atomic mass is 35.5. The van der Waals surface area contributed by atoms with Gasteiger partial charge in [0.2, 0.25) is 0 Å². The van der Waals surface area contributed by atoms with E-state index >= 15 is 0 Å². The third kappa shape index (κ3) is 3.59. The van der Waals surface area contributed by atoms with E-state index in [1.165, 1.54) is 31.7 Å². The molecule has 2 heterocycles. The van der Waals surface area contributed by atoms with Crippen molar-refractivity contribution >= 4 is 17.3 Å². The van der Waals surface area contributed by atoms with Crippen molar-refractivity contribution in [3.63, 3.8) is 0 Å². The molecule has 2 aliphatic heterocycles. The smallest absolute Gasteiger partial charge is 0.273 e. The first-order chi connectivity index (χ1) is 10.6. The molecule has 0 saturated carbocycles. The molecule has 22 heavy (non-hydrogen) atoms. The molecule has 0 spiro atoms. The molecule has 0 amide bonds. The topological polar surface area (TPSA) is 58.4 Å². The standard InChI is InChI=1S/C16H22ClN3O2/c17-14-3-4-16(20(21)22)13(10-14)11-19-8-5-12(6-9-19)15-2-1-7-18-15/h3-4,10,12,15,18H,1-2,5-9,11H2. The first-order valence-electron chi connectivity index (χ1n) is 8.02. The molecule has 0 radical (unpaired) electrons. The van der Waals surface area contributed by atoms with Crippen molar-refractivity contribution in [2.45, 2.75) is 38.3 Å². The third-order valence-electron chi connectivity index (χ3n) is 4.93. The van der Waals surface area contributed by atoms with Gasteiger partial charge in [0.05, 0.1) is 4.92 Å². The average molecular weight is 324 g/mol. The first-order valence-corrected chi connectivity index (χ1v) is 8.40. The van der Waals surface area contributed by atoms with Gasteiger partial charge in [-0.1, -0.05) is 11.6 Å². The second-order valence-corrected chi connectivity index (χ2v) is 6.78. The number of hydrogen-bond acceptors (Lipinski definition) is 4. The van der Waals surface area contributed by atoms with Crippen LogP contribution in [0.25, 0.3) is 0 Å². The molecule has 0 bridgehead atoms. The minimum atomic E-state index is -0.319. The van der Waals surface area contributed by atoms with Gasteiger partial charge in [-0.25, -0.2) is 0 Å². The van der Waals surface area contributed by atoms with Crippen LogP contribution in [0.5, 0.6) is 0 Å². The normalized spacial score (nSPS) is 23.8. The lowest BCUT2D eigenvalue weighted by molar-refractivity contribution is -0.385. The summed E-state index contributed by atoms with van der Waals surface area (Å²) in [6, 6.07) is 5.50.